The fourth-order valence-corrected chi connectivity index (χ4v) is 8.27. The number of hydrogen-bond donors (Lipinski definition) is 7. The van der Waals surface area contributed by atoms with E-state index in [2.05, 4.69) is 47.7 Å². The van der Waals surface area contributed by atoms with Gasteiger partial charge in [0.05, 0.1) is 25.4 Å². The van der Waals surface area contributed by atoms with Crippen molar-refractivity contribution < 1.29 is 57.0 Å². The Morgan fingerprint density at radius 1 is 0.635 bits per heavy atom. The summed E-state index contributed by atoms with van der Waals surface area (Å²) in [6, 6.07) is -1.14. The normalized spacial score (nSPS) is 21.2. The molecule has 0 saturated carbocycles. The highest BCUT2D eigenvalue weighted by Crippen LogP contribution is 2.26. The van der Waals surface area contributed by atoms with Crippen molar-refractivity contribution in [1.82, 2.24) is 5.32 Å². The van der Waals surface area contributed by atoms with E-state index in [1.54, 1.807) is 6.08 Å². The van der Waals surface area contributed by atoms with Gasteiger partial charge in [-0.15, -0.1) is 0 Å². The molecular formula is C49H91NO12S. The Kier molecular flexibility index (Phi) is 37.1. The average Bonchev–Trinajstić information content (AvgIpc) is 3.25. The van der Waals surface area contributed by atoms with Gasteiger partial charge in [-0.05, 0) is 57.8 Å². The Balaban J connectivity index is 2.49. The molecule has 63 heavy (non-hydrogen) atoms. The zero-order chi connectivity index (χ0) is 46.4. The van der Waals surface area contributed by atoms with Crippen molar-refractivity contribution in [3.63, 3.8) is 0 Å². The molecule has 13 nitrogen and oxygen atoms in total. The first-order valence-electron chi connectivity index (χ1n) is 25.0. The molecule has 1 aliphatic heterocycles. The van der Waals surface area contributed by atoms with Crippen molar-refractivity contribution in [3.8, 4) is 0 Å². The minimum absolute atomic E-state index is 0.230. The zero-order valence-corrected chi connectivity index (χ0v) is 40.1. The van der Waals surface area contributed by atoms with Crippen LogP contribution < -0.4 is 5.32 Å². The molecule has 0 bridgehead atoms. The molecule has 1 saturated heterocycles. The van der Waals surface area contributed by atoms with Gasteiger partial charge < -0.3 is 40.3 Å². The van der Waals surface area contributed by atoms with Crippen molar-refractivity contribution in [1.29, 1.82) is 0 Å². The fraction of sp³-hybridized carbons (Fsp3) is 0.857. The van der Waals surface area contributed by atoms with Gasteiger partial charge in [0.2, 0.25) is 5.91 Å². The van der Waals surface area contributed by atoms with Crippen LogP contribution in [0.2, 0.25) is 0 Å². The van der Waals surface area contributed by atoms with Crippen LogP contribution in [0, 0.1) is 0 Å². The smallest absolute Gasteiger partial charge is 0.394 e. The second kappa shape index (κ2) is 39.4. The number of ether oxygens (including phenoxy) is 2. The summed E-state index contributed by atoms with van der Waals surface area (Å²) in [5.74, 6) is -0.717. The lowest BCUT2D eigenvalue weighted by Crippen LogP contribution is -2.61. The van der Waals surface area contributed by atoms with Crippen LogP contribution in [-0.4, -0.2) is 107 Å². The van der Waals surface area contributed by atoms with E-state index < -0.39 is 78.5 Å². The van der Waals surface area contributed by atoms with Crippen LogP contribution in [0.1, 0.15) is 206 Å². The van der Waals surface area contributed by atoms with Gasteiger partial charge in [0.15, 0.2) is 6.29 Å². The van der Waals surface area contributed by atoms with E-state index in [1.165, 1.54) is 115 Å². The largest absolute Gasteiger partial charge is 0.397 e. The topological polar surface area (TPSA) is 212 Å². The number of carbonyl (C=O) groups excluding carboxylic acids is 1. The molecule has 0 aromatic heterocycles. The summed E-state index contributed by atoms with van der Waals surface area (Å²) in [6.45, 7) is 3.18. The Labute approximate surface area is 382 Å². The molecule has 0 aromatic rings. The minimum atomic E-state index is -5.12. The highest BCUT2D eigenvalue weighted by atomic mass is 32.3. The molecule has 14 heteroatoms. The van der Waals surface area contributed by atoms with E-state index in [0.29, 0.717) is 12.8 Å². The first-order chi connectivity index (χ1) is 30.4. The maximum Gasteiger partial charge on any atom is 0.397 e. The highest BCUT2D eigenvalue weighted by Gasteiger charge is 2.48. The Hall–Kier alpha value is -1.72. The number of allylic oxidation sites excluding steroid dienone is 5. The second-order valence-electron chi connectivity index (χ2n) is 17.5. The molecule has 0 aromatic carbocycles. The Bertz CT molecular complexity index is 1280. The lowest BCUT2D eigenvalue weighted by atomic mass is 9.99. The quantitative estimate of drug-likeness (QED) is 0.0174. The number of unbranched alkanes of at least 4 members (excludes halogenated alkanes) is 25. The van der Waals surface area contributed by atoms with E-state index in [0.717, 1.165) is 64.2 Å². The zero-order valence-electron chi connectivity index (χ0n) is 39.3. The molecule has 1 aliphatic rings. The van der Waals surface area contributed by atoms with Gasteiger partial charge in [0.1, 0.15) is 30.5 Å². The second-order valence-corrected chi connectivity index (χ2v) is 18.6. The summed E-state index contributed by atoms with van der Waals surface area (Å²) in [5.41, 5.74) is 0. The molecule has 1 heterocycles. The summed E-state index contributed by atoms with van der Waals surface area (Å²) in [4.78, 5) is 13.1. The number of carbonyl (C=O) groups is 1. The monoisotopic (exact) mass is 918 g/mol. The summed E-state index contributed by atoms with van der Waals surface area (Å²) in [5, 5.41) is 55.2. The van der Waals surface area contributed by atoms with Crippen LogP contribution in [0.15, 0.2) is 36.5 Å². The number of aliphatic hydroxyl groups excluding tert-OH is 5. The maximum absolute atomic E-state index is 13.1. The minimum Gasteiger partial charge on any atom is -0.394 e. The van der Waals surface area contributed by atoms with Crippen LogP contribution >= 0.6 is 0 Å². The first kappa shape index (κ1) is 59.3. The molecule has 1 fully saturated rings. The summed E-state index contributed by atoms with van der Waals surface area (Å²) in [6.07, 6.45) is 35.2. The van der Waals surface area contributed by atoms with Gasteiger partial charge >= 0.3 is 10.4 Å². The third-order valence-electron chi connectivity index (χ3n) is 11.8. The highest BCUT2D eigenvalue weighted by molar-refractivity contribution is 7.80. The van der Waals surface area contributed by atoms with Crippen LogP contribution in [0.4, 0.5) is 0 Å². The van der Waals surface area contributed by atoms with E-state index in [1.807, 2.05) is 0 Å². The van der Waals surface area contributed by atoms with Crippen molar-refractivity contribution in [2.45, 2.75) is 255 Å². The lowest BCUT2D eigenvalue weighted by Gasteiger charge is -2.41. The van der Waals surface area contributed by atoms with Crippen molar-refractivity contribution in [2.75, 3.05) is 13.2 Å². The Morgan fingerprint density at radius 3 is 1.52 bits per heavy atom. The average molecular weight is 918 g/mol. The van der Waals surface area contributed by atoms with Gasteiger partial charge in [-0.2, -0.15) is 8.42 Å². The van der Waals surface area contributed by atoms with Crippen molar-refractivity contribution in [2.24, 2.45) is 0 Å². The van der Waals surface area contributed by atoms with Crippen LogP contribution in [0.25, 0.3) is 0 Å². The number of rotatable bonds is 42. The molecule has 0 radical (unpaired) electrons. The number of hydrogen-bond acceptors (Lipinski definition) is 11. The fourth-order valence-electron chi connectivity index (χ4n) is 7.77. The van der Waals surface area contributed by atoms with Crippen molar-refractivity contribution in [3.05, 3.63) is 36.5 Å². The predicted molar refractivity (Wildman–Crippen MR) is 251 cm³/mol. The number of nitrogens with one attached hydrogen (secondary N) is 1. The van der Waals surface area contributed by atoms with Gasteiger partial charge in [-0.1, -0.05) is 185 Å². The van der Waals surface area contributed by atoms with Gasteiger partial charge in [-0.25, -0.2) is 4.18 Å². The van der Waals surface area contributed by atoms with Gasteiger partial charge in [0.25, 0.3) is 0 Å². The Morgan fingerprint density at radius 2 is 1.06 bits per heavy atom. The summed E-state index contributed by atoms with van der Waals surface area (Å²) < 4.78 is 47.5. The molecule has 1 amide bonds. The summed E-state index contributed by atoms with van der Waals surface area (Å²) >= 11 is 0. The van der Waals surface area contributed by atoms with Gasteiger partial charge in [-0.3, -0.25) is 9.35 Å². The van der Waals surface area contributed by atoms with Crippen LogP contribution in [0.3, 0.4) is 0 Å². The SMILES string of the molecule is CCCCCCCC/C=C/CC/C=C/C(O)C(COC1OC(CO)C(O)C(OS(=O)(=O)O)C1O)NC(=O)C(O)CCCCCCCC/C=C\CCCCCCCCCCCCCC. The standard InChI is InChI=1S/C49H91NO12S/c1-3-5-7-9-11-13-15-17-18-19-20-21-22-23-24-25-26-28-30-32-34-36-38-43(53)48(56)50-41(42(52)37-35-33-31-29-27-16-14-12-10-8-6-4-2)40-60-49-46(55)47(62-63(57,58)59)45(54)44(39-51)61-49/h23-24,27,29,35,37,41-47,49,51-55H,3-22,25-26,28,30-34,36,38-40H2,1-2H3,(H,50,56)(H,57,58,59)/b24-23-,29-27+,37-35+. The van der Waals surface area contributed by atoms with E-state index in [9.17, 15) is 43.3 Å². The van der Waals surface area contributed by atoms with Crippen LogP contribution in [0.5, 0.6) is 0 Å². The van der Waals surface area contributed by atoms with E-state index >= 15 is 0 Å². The molecule has 7 N–H and O–H groups in total. The lowest BCUT2D eigenvalue weighted by molar-refractivity contribution is -0.298. The van der Waals surface area contributed by atoms with E-state index in [-0.39, 0.29) is 6.42 Å². The van der Waals surface area contributed by atoms with Crippen molar-refractivity contribution >= 4 is 16.3 Å². The third kappa shape index (κ3) is 31.8. The molecular weight excluding hydrogens is 827 g/mol. The first-order valence-corrected chi connectivity index (χ1v) is 26.3. The molecule has 1 rings (SSSR count). The van der Waals surface area contributed by atoms with Crippen LogP contribution in [-0.2, 0) is 28.9 Å². The third-order valence-corrected chi connectivity index (χ3v) is 12.2. The predicted octanol–water partition coefficient (Wildman–Crippen LogP) is 9.25. The molecule has 8 unspecified atom stereocenters. The van der Waals surface area contributed by atoms with E-state index in [4.69, 9.17) is 9.47 Å². The molecule has 0 aliphatic carbocycles. The number of aliphatic hydroxyl groups is 5. The molecule has 8 atom stereocenters. The van der Waals surface area contributed by atoms with Gasteiger partial charge in [0, 0.05) is 0 Å². The molecule has 0 spiro atoms. The number of amides is 1. The summed E-state index contributed by atoms with van der Waals surface area (Å²) in [7, 11) is -5.12. The molecule has 370 valence electrons. The maximum atomic E-state index is 13.1.